The monoisotopic (exact) mass is 174 g/mol. The van der Waals surface area contributed by atoms with Crippen LogP contribution in [0.3, 0.4) is 0 Å². The summed E-state index contributed by atoms with van der Waals surface area (Å²) >= 11 is 0. The molecule has 0 bridgehead atoms. The topological polar surface area (TPSA) is 78.5 Å². The Morgan fingerprint density at radius 1 is 1.67 bits per heavy atom. The highest BCUT2D eigenvalue weighted by Crippen LogP contribution is 2.05. The summed E-state index contributed by atoms with van der Waals surface area (Å²) in [6, 6.07) is -0.500. The van der Waals surface area contributed by atoms with Crippen molar-refractivity contribution in [3.63, 3.8) is 0 Å². The zero-order valence-corrected chi connectivity index (χ0v) is 7.45. The highest BCUT2D eigenvalue weighted by atomic mass is 16.5. The summed E-state index contributed by atoms with van der Waals surface area (Å²) in [6.45, 7) is 5.98. The lowest BCUT2D eigenvalue weighted by atomic mass is 10.1. The maximum absolute atomic E-state index is 9.07. The Hall–Kier alpha value is -0.420. The van der Waals surface area contributed by atoms with Crippen LogP contribution >= 0.6 is 0 Å². The van der Waals surface area contributed by atoms with E-state index in [1.807, 2.05) is 6.92 Å². The smallest absolute Gasteiger partial charge is 0.236 e. The molecule has 0 aromatic carbocycles. The van der Waals surface area contributed by atoms with E-state index in [-0.39, 0.29) is 0 Å². The summed E-state index contributed by atoms with van der Waals surface area (Å²) in [7, 11) is 0. The zero-order chi connectivity index (χ0) is 9.61. The second-order valence-electron chi connectivity index (χ2n) is 2.82. The highest BCUT2D eigenvalue weighted by Gasteiger charge is 2.28. The minimum absolute atomic E-state index is 0.500. The third kappa shape index (κ3) is 4.46. The molecule has 0 spiro atoms. The van der Waals surface area contributed by atoms with Crippen molar-refractivity contribution >= 4 is 0 Å². The van der Waals surface area contributed by atoms with Gasteiger partial charge in [-0.2, -0.15) is 0 Å². The van der Waals surface area contributed by atoms with Gasteiger partial charge in [-0.05, 0) is 6.42 Å². The molecule has 0 amide bonds. The number of aliphatic hydroxyl groups is 2. The Morgan fingerprint density at radius 2 is 2.25 bits per heavy atom. The van der Waals surface area contributed by atoms with Crippen molar-refractivity contribution in [2.24, 2.45) is 5.73 Å². The molecule has 0 heterocycles. The molecule has 0 rings (SSSR count). The summed E-state index contributed by atoms with van der Waals surface area (Å²) in [6.07, 6.45) is 3.11. The minimum Gasteiger partial charge on any atom is -0.352 e. The van der Waals surface area contributed by atoms with Gasteiger partial charge in [0.05, 0.1) is 6.04 Å². The fourth-order valence-corrected chi connectivity index (χ4v) is 0.979. The molecule has 4 heteroatoms. The Balaban J connectivity index is 3.94. The summed E-state index contributed by atoms with van der Waals surface area (Å²) in [4.78, 5) is 0. The van der Waals surface area contributed by atoms with Gasteiger partial charge in [-0.15, -0.1) is 6.58 Å². The van der Waals surface area contributed by atoms with Gasteiger partial charge in [-0.25, -0.2) is 0 Å². The first-order valence-electron chi connectivity index (χ1n) is 4.10. The molecule has 0 aliphatic heterocycles. The van der Waals surface area contributed by atoms with Gasteiger partial charge in [0.2, 0.25) is 5.91 Å². The number of hydrogen-bond donors (Lipinski definition) is 4. The van der Waals surface area contributed by atoms with E-state index in [4.69, 9.17) is 15.9 Å². The number of nitrogens with two attached hydrogens (primary N) is 1. The van der Waals surface area contributed by atoms with E-state index in [1.54, 1.807) is 6.08 Å². The third-order valence-electron chi connectivity index (χ3n) is 1.60. The fourth-order valence-electron chi connectivity index (χ4n) is 0.979. The van der Waals surface area contributed by atoms with Crippen LogP contribution in [0, 0.1) is 0 Å². The second-order valence-corrected chi connectivity index (χ2v) is 2.82. The van der Waals surface area contributed by atoms with E-state index in [0.29, 0.717) is 13.0 Å². The Labute approximate surface area is 73.1 Å². The van der Waals surface area contributed by atoms with Crippen LogP contribution in [0.1, 0.15) is 19.8 Å². The van der Waals surface area contributed by atoms with Crippen molar-refractivity contribution in [3.05, 3.63) is 12.7 Å². The maximum Gasteiger partial charge on any atom is 0.236 e. The summed E-state index contributed by atoms with van der Waals surface area (Å²) < 4.78 is 0. The zero-order valence-electron chi connectivity index (χ0n) is 7.45. The molecule has 4 nitrogen and oxygen atoms in total. The molecule has 1 atom stereocenters. The molecule has 0 aromatic rings. The number of nitrogens with one attached hydrogen (secondary N) is 1. The van der Waals surface area contributed by atoms with Gasteiger partial charge in [-0.1, -0.05) is 19.4 Å². The lowest BCUT2D eigenvalue weighted by Gasteiger charge is -2.27. The summed E-state index contributed by atoms with van der Waals surface area (Å²) in [5, 5.41) is 21.0. The van der Waals surface area contributed by atoms with Crippen molar-refractivity contribution in [1.29, 1.82) is 0 Å². The van der Waals surface area contributed by atoms with E-state index in [0.717, 1.165) is 6.42 Å². The average molecular weight is 174 g/mol. The Bertz CT molecular complexity index is 132. The first-order chi connectivity index (χ1) is 5.52. The van der Waals surface area contributed by atoms with Crippen LogP contribution in [-0.2, 0) is 0 Å². The van der Waals surface area contributed by atoms with Crippen molar-refractivity contribution in [1.82, 2.24) is 5.32 Å². The quantitative estimate of drug-likeness (QED) is 0.324. The van der Waals surface area contributed by atoms with Crippen LogP contribution < -0.4 is 11.1 Å². The molecule has 12 heavy (non-hydrogen) atoms. The lowest BCUT2D eigenvalue weighted by Crippen LogP contribution is -2.57. The molecule has 0 aliphatic carbocycles. The third-order valence-corrected chi connectivity index (χ3v) is 1.60. The molecule has 5 N–H and O–H groups in total. The normalized spacial score (nSPS) is 14.3. The molecule has 0 saturated carbocycles. The number of rotatable bonds is 6. The predicted octanol–water partition coefficient (Wildman–Crippen LogP) is -0.472. The van der Waals surface area contributed by atoms with Crippen LogP contribution in [0.2, 0.25) is 0 Å². The molecule has 0 saturated heterocycles. The van der Waals surface area contributed by atoms with E-state index in [9.17, 15) is 0 Å². The molecule has 0 aromatic heterocycles. The Morgan fingerprint density at radius 3 is 2.58 bits per heavy atom. The van der Waals surface area contributed by atoms with Crippen molar-refractivity contribution in [2.75, 3.05) is 6.54 Å². The SMILES string of the molecule is C=CCNC(CCC)C(N)(O)O. The van der Waals surface area contributed by atoms with Crippen LogP contribution in [0.15, 0.2) is 12.7 Å². The first kappa shape index (κ1) is 11.6. The highest BCUT2D eigenvalue weighted by molar-refractivity contribution is 4.81. The van der Waals surface area contributed by atoms with Gasteiger partial charge in [-0.3, -0.25) is 5.73 Å². The van der Waals surface area contributed by atoms with E-state index in [2.05, 4.69) is 11.9 Å². The molecule has 0 fully saturated rings. The van der Waals surface area contributed by atoms with Gasteiger partial charge in [0, 0.05) is 6.54 Å². The van der Waals surface area contributed by atoms with E-state index < -0.39 is 12.0 Å². The van der Waals surface area contributed by atoms with Crippen molar-refractivity contribution in [3.8, 4) is 0 Å². The van der Waals surface area contributed by atoms with Crippen LogP contribution in [-0.4, -0.2) is 28.7 Å². The average Bonchev–Trinajstić information content (AvgIpc) is 1.95. The van der Waals surface area contributed by atoms with Gasteiger partial charge in [0.25, 0.3) is 0 Å². The molecular formula is C8H18N2O2. The van der Waals surface area contributed by atoms with Gasteiger partial charge < -0.3 is 15.5 Å². The molecule has 1 unspecified atom stereocenters. The van der Waals surface area contributed by atoms with Gasteiger partial charge in [0.15, 0.2) is 0 Å². The van der Waals surface area contributed by atoms with Gasteiger partial charge >= 0.3 is 0 Å². The largest absolute Gasteiger partial charge is 0.352 e. The molecular weight excluding hydrogens is 156 g/mol. The maximum atomic E-state index is 9.07. The van der Waals surface area contributed by atoms with Gasteiger partial charge in [0.1, 0.15) is 0 Å². The van der Waals surface area contributed by atoms with Crippen molar-refractivity contribution < 1.29 is 10.2 Å². The Kier molecular flexibility index (Phi) is 5.08. The summed E-state index contributed by atoms with van der Waals surface area (Å²) in [5.74, 6) is -2.14. The van der Waals surface area contributed by atoms with Crippen molar-refractivity contribution in [2.45, 2.75) is 31.7 Å². The van der Waals surface area contributed by atoms with Crippen LogP contribution in [0.4, 0.5) is 0 Å². The van der Waals surface area contributed by atoms with E-state index >= 15 is 0 Å². The molecule has 0 aliphatic rings. The molecule has 0 radical (unpaired) electrons. The lowest BCUT2D eigenvalue weighted by molar-refractivity contribution is -0.179. The fraction of sp³-hybridized carbons (Fsp3) is 0.750. The number of hydrogen-bond acceptors (Lipinski definition) is 4. The van der Waals surface area contributed by atoms with E-state index in [1.165, 1.54) is 0 Å². The predicted molar refractivity (Wildman–Crippen MR) is 48.3 cm³/mol. The standard InChI is InChI=1S/C8H18N2O2/c1-3-5-7(8(9,11)12)10-6-4-2/h4,7,10-12H,2-3,5-6,9H2,1H3. The molecule has 72 valence electrons. The summed E-state index contributed by atoms with van der Waals surface area (Å²) in [5.41, 5.74) is 5.12. The second kappa shape index (κ2) is 5.27. The first-order valence-corrected chi connectivity index (χ1v) is 4.10. The van der Waals surface area contributed by atoms with Crippen LogP contribution in [0.25, 0.3) is 0 Å². The minimum atomic E-state index is -2.14. The van der Waals surface area contributed by atoms with Crippen LogP contribution in [0.5, 0.6) is 0 Å².